The van der Waals surface area contributed by atoms with Gasteiger partial charge in [-0.15, -0.1) is 11.8 Å². The Labute approximate surface area is 169 Å². The minimum absolute atomic E-state index is 0.0368. The van der Waals surface area contributed by atoms with Crippen LogP contribution < -0.4 is 5.73 Å². The molecule has 3 rings (SSSR count). The molecule has 1 fully saturated rings. The third-order valence-electron chi connectivity index (χ3n) is 4.49. The fourth-order valence-corrected chi connectivity index (χ4v) is 4.77. The van der Waals surface area contributed by atoms with E-state index in [-0.39, 0.29) is 30.1 Å². The Hall–Kier alpha value is -2.36. The molecule has 8 nitrogen and oxygen atoms in total. The Balaban J connectivity index is 1.94. The van der Waals surface area contributed by atoms with Crippen LogP contribution in [0, 0.1) is 0 Å². The van der Waals surface area contributed by atoms with E-state index in [1.165, 1.54) is 18.7 Å². The minimum atomic E-state index is -1.34. The molecule has 148 valence electrons. The second-order valence-corrected chi connectivity index (χ2v) is 8.10. The Morgan fingerprint density at radius 1 is 1.29 bits per heavy atom. The number of β-lactam (4-membered cyclic amide) rings is 1. The van der Waals surface area contributed by atoms with E-state index in [1.807, 2.05) is 0 Å². The molecule has 0 bridgehead atoms. The number of carbonyl (C=O) groups is 4. The Bertz CT molecular complexity index is 885. The number of aliphatic carboxylic acids is 1. The van der Waals surface area contributed by atoms with Gasteiger partial charge in [0.25, 0.3) is 0 Å². The summed E-state index contributed by atoms with van der Waals surface area (Å²) in [5.41, 5.74) is 6.16. The molecule has 1 aromatic carbocycles. The van der Waals surface area contributed by atoms with Crippen LogP contribution in [-0.4, -0.2) is 56.9 Å². The molecule has 1 aromatic rings. The lowest BCUT2D eigenvalue weighted by molar-refractivity contribution is -0.148. The number of halogens is 1. The van der Waals surface area contributed by atoms with Crippen molar-refractivity contribution in [3.63, 3.8) is 0 Å². The molecule has 28 heavy (non-hydrogen) atoms. The van der Waals surface area contributed by atoms with Crippen molar-refractivity contribution in [3.8, 4) is 0 Å². The smallest absolute Gasteiger partial charge is 0.352 e. The highest BCUT2D eigenvalue weighted by Crippen LogP contribution is 2.45. The number of hydrogen-bond acceptors (Lipinski definition) is 7. The summed E-state index contributed by atoms with van der Waals surface area (Å²) in [6.45, 7) is 0.868. The van der Waals surface area contributed by atoms with E-state index in [4.69, 9.17) is 22.1 Å². The maximum atomic E-state index is 12.7. The molecule has 0 aliphatic carbocycles. The number of esters is 1. The predicted molar refractivity (Wildman–Crippen MR) is 102 cm³/mol. The number of fused-ring (bicyclic) bond motifs is 1. The Morgan fingerprint density at radius 2 is 1.93 bits per heavy atom. The van der Waals surface area contributed by atoms with Gasteiger partial charge in [0.15, 0.2) is 5.78 Å². The Kier molecular flexibility index (Phi) is 5.78. The van der Waals surface area contributed by atoms with Crippen LogP contribution in [0.25, 0.3) is 0 Å². The monoisotopic (exact) mass is 424 g/mol. The molecule has 0 radical (unpaired) electrons. The van der Waals surface area contributed by atoms with Gasteiger partial charge in [-0.05, 0) is 24.3 Å². The van der Waals surface area contributed by atoms with E-state index in [1.54, 1.807) is 24.3 Å². The number of hydrogen-bond donors (Lipinski definition) is 2. The lowest BCUT2D eigenvalue weighted by atomic mass is 9.97. The average molecular weight is 425 g/mol. The van der Waals surface area contributed by atoms with Gasteiger partial charge in [-0.2, -0.15) is 0 Å². The number of amides is 1. The highest BCUT2D eigenvalue weighted by Gasteiger charge is 2.54. The molecule has 2 aliphatic heterocycles. The maximum Gasteiger partial charge on any atom is 0.352 e. The van der Waals surface area contributed by atoms with E-state index in [9.17, 15) is 24.3 Å². The van der Waals surface area contributed by atoms with Crippen molar-refractivity contribution in [2.45, 2.75) is 30.0 Å². The third kappa shape index (κ3) is 3.78. The van der Waals surface area contributed by atoms with Gasteiger partial charge < -0.3 is 15.6 Å². The molecular weight excluding hydrogens is 408 g/mol. The number of carboxylic acids is 1. The summed E-state index contributed by atoms with van der Waals surface area (Å²) < 4.78 is 4.99. The first-order valence-electron chi connectivity index (χ1n) is 8.33. The van der Waals surface area contributed by atoms with E-state index in [0.717, 1.165) is 4.90 Å². The number of thioether (sulfide) groups is 1. The minimum Gasteiger partial charge on any atom is -0.477 e. The lowest BCUT2D eigenvalue weighted by Crippen LogP contribution is -2.69. The van der Waals surface area contributed by atoms with Gasteiger partial charge in [0, 0.05) is 34.8 Å². The van der Waals surface area contributed by atoms with Crippen molar-refractivity contribution in [1.29, 1.82) is 0 Å². The molecular formula is C18H17ClN2O6S. The summed E-state index contributed by atoms with van der Waals surface area (Å²) in [5, 5.41) is 8.96. The average Bonchev–Trinajstić information content (AvgIpc) is 2.65. The largest absolute Gasteiger partial charge is 0.477 e. The highest BCUT2D eigenvalue weighted by atomic mass is 35.5. The van der Waals surface area contributed by atoms with Crippen molar-refractivity contribution in [3.05, 3.63) is 46.1 Å². The van der Waals surface area contributed by atoms with Crippen LogP contribution in [0.1, 0.15) is 23.7 Å². The molecule has 2 unspecified atom stereocenters. The summed E-state index contributed by atoms with van der Waals surface area (Å²) in [4.78, 5) is 49.0. The molecule has 2 heterocycles. The standard InChI is InChI=1S/C18H17ClN2O6S/c1-8(22)27-7-11-13(6-12(23)9-2-4-10(19)5-3-9)28-17-14(20)16(24)21(17)15(11)18(25)26/h2-5,13-14,17H,6-7,20H2,1H3,(H,25,26)/t13?,14?,17-/m1/s1. The van der Waals surface area contributed by atoms with E-state index in [0.29, 0.717) is 10.6 Å². The lowest BCUT2D eigenvalue weighted by Gasteiger charge is -2.50. The van der Waals surface area contributed by atoms with Crippen LogP contribution in [0.15, 0.2) is 35.5 Å². The topological polar surface area (TPSA) is 127 Å². The number of ketones is 1. The SMILES string of the molecule is CC(=O)OCC1=C(C(=O)O)N2C(=O)C(N)[C@H]2SC1CC(=O)c1ccc(Cl)cc1. The summed E-state index contributed by atoms with van der Waals surface area (Å²) >= 11 is 7.06. The number of rotatable bonds is 6. The molecule has 2 aliphatic rings. The molecule has 10 heteroatoms. The molecule has 0 aromatic heterocycles. The van der Waals surface area contributed by atoms with Gasteiger partial charge in [0.2, 0.25) is 5.91 Å². The predicted octanol–water partition coefficient (Wildman–Crippen LogP) is 1.43. The van der Waals surface area contributed by atoms with Crippen LogP contribution >= 0.6 is 23.4 Å². The number of nitrogens with two attached hydrogens (primary N) is 1. The normalized spacial score (nSPS) is 23.8. The van der Waals surface area contributed by atoms with Crippen LogP contribution in [0.5, 0.6) is 0 Å². The fraction of sp³-hybridized carbons (Fsp3) is 0.333. The quantitative estimate of drug-likeness (QED) is 0.399. The number of Topliss-reactive ketones (excluding diaryl/α,β-unsaturated/α-hetero) is 1. The number of ether oxygens (including phenoxy) is 1. The third-order valence-corrected chi connectivity index (χ3v) is 6.31. The Morgan fingerprint density at radius 3 is 2.50 bits per heavy atom. The molecule has 3 N–H and O–H groups in total. The number of carboxylic acid groups (broad SMARTS) is 1. The van der Waals surface area contributed by atoms with Crippen molar-refractivity contribution in [2.75, 3.05) is 6.61 Å². The fourth-order valence-electron chi connectivity index (χ4n) is 3.10. The molecule has 1 saturated heterocycles. The van der Waals surface area contributed by atoms with E-state index in [2.05, 4.69) is 0 Å². The summed E-state index contributed by atoms with van der Waals surface area (Å²) in [7, 11) is 0. The van der Waals surface area contributed by atoms with Crippen LogP contribution in [0.4, 0.5) is 0 Å². The van der Waals surface area contributed by atoms with Gasteiger partial charge in [0.05, 0.1) is 0 Å². The van der Waals surface area contributed by atoms with Gasteiger partial charge in [-0.1, -0.05) is 11.6 Å². The zero-order chi connectivity index (χ0) is 20.6. The number of carbonyl (C=O) groups excluding carboxylic acids is 3. The van der Waals surface area contributed by atoms with Crippen molar-refractivity contribution >= 4 is 47.0 Å². The van der Waals surface area contributed by atoms with E-state index >= 15 is 0 Å². The number of benzene rings is 1. The van der Waals surface area contributed by atoms with Gasteiger partial charge in [-0.3, -0.25) is 19.3 Å². The molecule has 1 amide bonds. The second-order valence-electron chi connectivity index (χ2n) is 6.34. The van der Waals surface area contributed by atoms with Crippen molar-refractivity contribution in [2.24, 2.45) is 5.73 Å². The van der Waals surface area contributed by atoms with Gasteiger partial charge in [0.1, 0.15) is 23.7 Å². The number of nitrogens with zero attached hydrogens (tertiary/aromatic N) is 1. The first kappa shape index (κ1) is 20.4. The first-order valence-corrected chi connectivity index (χ1v) is 9.65. The first-order chi connectivity index (χ1) is 13.2. The van der Waals surface area contributed by atoms with Crippen molar-refractivity contribution in [1.82, 2.24) is 4.90 Å². The molecule has 3 atom stereocenters. The zero-order valence-corrected chi connectivity index (χ0v) is 16.3. The van der Waals surface area contributed by atoms with Gasteiger partial charge >= 0.3 is 11.9 Å². The van der Waals surface area contributed by atoms with E-state index < -0.39 is 34.5 Å². The maximum absolute atomic E-state index is 12.7. The molecule has 0 saturated carbocycles. The van der Waals surface area contributed by atoms with Crippen LogP contribution in [0.2, 0.25) is 5.02 Å². The zero-order valence-electron chi connectivity index (χ0n) is 14.8. The summed E-state index contributed by atoms with van der Waals surface area (Å²) in [6.07, 6.45) is -0.0368. The molecule has 0 spiro atoms. The van der Waals surface area contributed by atoms with Crippen molar-refractivity contribution < 1.29 is 29.0 Å². The van der Waals surface area contributed by atoms with Gasteiger partial charge in [-0.25, -0.2) is 4.79 Å². The summed E-state index contributed by atoms with van der Waals surface area (Å²) in [5.74, 6) is -2.68. The highest BCUT2D eigenvalue weighted by molar-refractivity contribution is 8.01. The second kappa shape index (κ2) is 7.94. The van der Waals surface area contributed by atoms with Crippen LogP contribution in [-0.2, 0) is 19.1 Å². The summed E-state index contributed by atoms with van der Waals surface area (Å²) in [6, 6.07) is 5.49. The van der Waals surface area contributed by atoms with Crippen LogP contribution in [0.3, 0.4) is 0 Å².